The lowest BCUT2D eigenvalue weighted by atomic mass is 9.95. The van der Waals surface area contributed by atoms with Crippen molar-refractivity contribution in [2.75, 3.05) is 5.43 Å². The highest BCUT2D eigenvalue weighted by molar-refractivity contribution is 7.99. The van der Waals surface area contributed by atoms with E-state index in [1.807, 2.05) is 13.8 Å². The molecule has 6 nitrogen and oxygen atoms in total. The summed E-state index contributed by atoms with van der Waals surface area (Å²) in [5, 5.41) is 1.47. The first kappa shape index (κ1) is 15.7. The zero-order chi connectivity index (χ0) is 15.6. The molecule has 3 N–H and O–H groups in total. The summed E-state index contributed by atoms with van der Waals surface area (Å²) in [6.07, 6.45) is 3.58. The quantitative estimate of drug-likeness (QED) is 0.390. The van der Waals surface area contributed by atoms with E-state index in [2.05, 4.69) is 46.1 Å². The lowest BCUT2D eigenvalue weighted by Crippen LogP contribution is -2.20. The van der Waals surface area contributed by atoms with Gasteiger partial charge in [0, 0.05) is 23.4 Å². The summed E-state index contributed by atoms with van der Waals surface area (Å²) in [4.78, 5) is 17.7. The average Bonchev–Trinajstić information content (AvgIpc) is 2.42. The van der Waals surface area contributed by atoms with Crippen LogP contribution in [0.5, 0.6) is 0 Å². The van der Waals surface area contributed by atoms with Crippen LogP contribution in [0.3, 0.4) is 0 Å². The average molecular weight is 304 g/mol. The molecule has 7 heteroatoms. The van der Waals surface area contributed by atoms with E-state index in [1.54, 1.807) is 12.4 Å². The molecule has 0 saturated heterocycles. The molecule has 0 amide bonds. The van der Waals surface area contributed by atoms with Gasteiger partial charge in [0.15, 0.2) is 5.16 Å². The normalized spacial score (nSPS) is 11.5. The molecule has 2 aromatic rings. The third kappa shape index (κ3) is 3.68. The van der Waals surface area contributed by atoms with Crippen LogP contribution in [0.25, 0.3) is 0 Å². The minimum Gasteiger partial charge on any atom is -0.308 e. The van der Waals surface area contributed by atoms with Gasteiger partial charge in [-0.15, -0.1) is 0 Å². The van der Waals surface area contributed by atoms with Crippen molar-refractivity contribution in [1.82, 2.24) is 19.9 Å². The van der Waals surface area contributed by atoms with E-state index in [0.717, 1.165) is 22.0 Å². The van der Waals surface area contributed by atoms with Gasteiger partial charge in [0.05, 0.1) is 0 Å². The van der Waals surface area contributed by atoms with Gasteiger partial charge in [-0.2, -0.15) is 0 Å². The summed E-state index contributed by atoms with van der Waals surface area (Å²) in [5.41, 5.74) is 4.39. The lowest BCUT2D eigenvalue weighted by molar-refractivity contribution is 0.538. The Morgan fingerprint density at radius 3 is 2.24 bits per heavy atom. The molecule has 0 aliphatic heterocycles. The summed E-state index contributed by atoms with van der Waals surface area (Å²) in [7, 11) is 0. The number of aryl methyl sites for hydroxylation is 1. The number of aromatic nitrogens is 4. The van der Waals surface area contributed by atoms with Gasteiger partial charge in [0.1, 0.15) is 16.7 Å². The summed E-state index contributed by atoms with van der Waals surface area (Å²) in [6, 6.07) is 0. The fraction of sp³-hybridized carbons (Fsp3) is 0.429. The lowest BCUT2D eigenvalue weighted by Gasteiger charge is -2.19. The highest BCUT2D eigenvalue weighted by Crippen LogP contribution is 2.31. The Labute approximate surface area is 129 Å². The van der Waals surface area contributed by atoms with E-state index < -0.39 is 0 Å². The van der Waals surface area contributed by atoms with Gasteiger partial charge in [-0.3, -0.25) is 0 Å². The van der Waals surface area contributed by atoms with Crippen molar-refractivity contribution in [1.29, 1.82) is 0 Å². The number of nitrogens with zero attached hydrogens (tertiary/aromatic N) is 4. The fourth-order valence-electron chi connectivity index (χ4n) is 1.59. The molecule has 0 spiro atoms. The van der Waals surface area contributed by atoms with Crippen LogP contribution in [0.15, 0.2) is 22.6 Å². The number of rotatable bonds is 3. The van der Waals surface area contributed by atoms with Crippen molar-refractivity contribution in [3.8, 4) is 0 Å². The number of hydrogen-bond donors (Lipinski definition) is 2. The van der Waals surface area contributed by atoms with E-state index in [9.17, 15) is 0 Å². The third-order valence-electron chi connectivity index (χ3n) is 2.85. The van der Waals surface area contributed by atoms with E-state index in [4.69, 9.17) is 5.84 Å². The Morgan fingerprint density at radius 1 is 1.10 bits per heavy atom. The zero-order valence-electron chi connectivity index (χ0n) is 12.9. The van der Waals surface area contributed by atoms with E-state index in [0.29, 0.717) is 11.0 Å². The molecule has 2 rings (SSSR count). The standard InChI is InChI=1S/C14H20N6S/c1-8-6-16-13(17-7-8)21-11-9(2)10(20-15)18-12(19-11)14(3,4)5/h6-7H,15H2,1-5H3,(H,18,19,20). The summed E-state index contributed by atoms with van der Waals surface area (Å²) < 4.78 is 0. The molecule has 0 radical (unpaired) electrons. The summed E-state index contributed by atoms with van der Waals surface area (Å²) >= 11 is 1.41. The monoisotopic (exact) mass is 304 g/mol. The number of nitrogens with two attached hydrogens (primary N) is 1. The Bertz CT molecular complexity index is 633. The second-order valence-electron chi connectivity index (χ2n) is 5.87. The highest BCUT2D eigenvalue weighted by atomic mass is 32.2. The van der Waals surface area contributed by atoms with Crippen molar-refractivity contribution in [2.24, 2.45) is 5.84 Å². The number of anilines is 1. The topological polar surface area (TPSA) is 89.6 Å². The summed E-state index contributed by atoms with van der Waals surface area (Å²) in [5.74, 6) is 6.93. The molecule has 0 fully saturated rings. The van der Waals surface area contributed by atoms with Crippen molar-refractivity contribution >= 4 is 17.6 Å². The molecule has 2 aromatic heterocycles. The molecule has 112 valence electrons. The van der Waals surface area contributed by atoms with Gasteiger partial charge < -0.3 is 5.43 Å². The van der Waals surface area contributed by atoms with Gasteiger partial charge in [0.25, 0.3) is 0 Å². The van der Waals surface area contributed by atoms with Crippen molar-refractivity contribution in [3.05, 3.63) is 29.3 Å². The first-order valence-corrected chi connectivity index (χ1v) is 7.45. The molecule has 2 heterocycles. The van der Waals surface area contributed by atoms with Crippen LogP contribution in [0, 0.1) is 13.8 Å². The molecular formula is C14H20N6S. The van der Waals surface area contributed by atoms with Crippen LogP contribution < -0.4 is 11.3 Å². The van der Waals surface area contributed by atoms with E-state index >= 15 is 0 Å². The van der Waals surface area contributed by atoms with Gasteiger partial charge >= 0.3 is 0 Å². The Hall–Kier alpha value is -1.73. The summed E-state index contributed by atoms with van der Waals surface area (Å²) in [6.45, 7) is 10.1. The molecule has 0 aliphatic rings. The van der Waals surface area contributed by atoms with Gasteiger partial charge in [-0.05, 0) is 31.2 Å². The molecule has 0 aromatic carbocycles. The molecule has 0 unspecified atom stereocenters. The molecule has 21 heavy (non-hydrogen) atoms. The molecule has 0 saturated carbocycles. The molecular weight excluding hydrogens is 284 g/mol. The number of nitrogens with one attached hydrogen (secondary N) is 1. The first-order chi connectivity index (χ1) is 9.81. The zero-order valence-corrected chi connectivity index (χ0v) is 13.7. The van der Waals surface area contributed by atoms with Crippen LogP contribution in [0.4, 0.5) is 5.82 Å². The van der Waals surface area contributed by atoms with Crippen molar-refractivity contribution in [2.45, 2.75) is 50.2 Å². The van der Waals surface area contributed by atoms with Crippen LogP contribution in [-0.4, -0.2) is 19.9 Å². The van der Waals surface area contributed by atoms with Crippen LogP contribution in [-0.2, 0) is 5.41 Å². The minimum atomic E-state index is -0.164. The Morgan fingerprint density at radius 2 is 1.71 bits per heavy atom. The maximum absolute atomic E-state index is 5.56. The predicted molar refractivity (Wildman–Crippen MR) is 84.2 cm³/mol. The van der Waals surface area contributed by atoms with E-state index in [-0.39, 0.29) is 5.41 Å². The van der Waals surface area contributed by atoms with E-state index in [1.165, 1.54) is 11.8 Å². The predicted octanol–water partition coefficient (Wildman–Crippen LogP) is 2.62. The highest BCUT2D eigenvalue weighted by Gasteiger charge is 2.21. The van der Waals surface area contributed by atoms with Crippen LogP contribution in [0.2, 0.25) is 0 Å². The molecule has 0 atom stereocenters. The van der Waals surface area contributed by atoms with Gasteiger partial charge in [-0.25, -0.2) is 25.8 Å². The van der Waals surface area contributed by atoms with Crippen molar-refractivity contribution < 1.29 is 0 Å². The number of nitrogen functional groups attached to an aromatic ring is 1. The number of hydrogen-bond acceptors (Lipinski definition) is 7. The maximum atomic E-state index is 5.56. The SMILES string of the molecule is Cc1cnc(Sc2nc(C(C)(C)C)nc(NN)c2C)nc1. The second kappa shape index (κ2) is 5.95. The Kier molecular flexibility index (Phi) is 4.43. The van der Waals surface area contributed by atoms with Gasteiger partial charge in [0.2, 0.25) is 0 Å². The van der Waals surface area contributed by atoms with Gasteiger partial charge in [-0.1, -0.05) is 20.8 Å². The number of hydrazine groups is 1. The first-order valence-electron chi connectivity index (χ1n) is 6.63. The molecule has 0 aliphatic carbocycles. The fourth-order valence-corrected chi connectivity index (χ4v) is 2.36. The maximum Gasteiger partial charge on any atom is 0.193 e. The van der Waals surface area contributed by atoms with Crippen molar-refractivity contribution in [3.63, 3.8) is 0 Å². The molecule has 0 bridgehead atoms. The second-order valence-corrected chi connectivity index (χ2v) is 6.82. The van der Waals surface area contributed by atoms with Crippen LogP contribution >= 0.6 is 11.8 Å². The smallest absolute Gasteiger partial charge is 0.193 e. The van der Waals surface area contributed by atoms with Crippen LogP contribution in [0.1, 0.15) is 37.7 Å². The third-order valence-corrected chi connectivity index (χ3v) is 3.84. The Balaban J connectivity index is 2.44. The largest absolute Gasteiger partial charge is 0.308 e. The minimum absolute atomic E-state index is 0.164.